The average molecular weight is 258 g/mol. The predicted molar refractivity (Wildman–Crippen MR) is 79.6 cm³/mol. The third kappa shape index (κ3) is 1.78. The number of allylic oxidation sites excluding steroid dienone is 2. The zero-order chi connectivity index (χ0) is 13.8. The standard InChI is InChI=1S/C18H26O/c1-5-18(19)11-7-6-8-14(18)13-9-10-15-16(12(13)2)17(15,3)4/h5,7,9,11-12,14-16,19H,1,6,8,10H2,2-4H3/t12-,14-,15+,16-,18-/m0/s1. The predicted octanol–water partition coefficient (Wildman–Crippen LogP) is 4.11. The van der Waals surface area contributed by atoms with Gasteiger partial charge in [-0.25, -0.2) is 0 Å². The topological polar surface area (TPSA) is 20.2 Å². The van der Waals surface area contributed by atoms with Gasteiger partial charge in [-0.3, -0.25) is 0 Å². The van der Waals surface area contributed by atoms with Crippen LogP contribution >= 0.6 is 0 Å². The van der Waals surface area contributed by atoms with Crippen molar-refractivity contribution < 1.29 is 5.11 Å². The molecule has 3 aliphatic carbocycles. The monoisotopic (exact) mass is 258 g/mol. The van der Waals surface area contributed by atoms with Crippen molar-refractivity contribution >= 4 is 0 Å². The van der Waals surface area contributed by atoms with E-state index in [0.717, 1.165) is 24.7 Å². The van der Waals surface area contributed by atoms with Crippen molar-refractivity contribution in [2.75, 3.05) is 0 Å². The molecule has 0 aromatic carbocycles. The number of rotatable bonds is 2. The van der Waals surface area contributed by atoms with Gasteiger partial charge in [0.25, 0.3) is 0 Å². The normalized spacial score (nSPS) is 47.3. The van der Waals surface area contributed by atoms with Crippen LogP contribution in [0.2, 0.25) is 0 Å². The molecular formula is C18H26O. The maximum Gasteiger partial charge on any atom is 0.107 e. The molecule has 0 unspecified atom stereocenters. The van der Waals surface area contributed by atoms with E-state index in [1.807, 2.05) is 6.08 Å². The first-order chi connectivity index (χ1) is 8.92. The van der Waals surface area contributed by atoms with Crippen LogP contribution in [0.4, 0.5) is 0 Å². The van der Waals surface area contributed by atoms with Crippen LogP contribution in [0.5, 0.6) is 0 Å². The van der Waals surface area contributed by atoms with Gasteiger partial charge < -0.3 is 5.11 Å². The van der Waals surface area contributed by atoms with E-state index in [0.29, 0.717) is 11.3 Å². The summed E-state index contributed by atoms with van der Waals surface area (Å²) >= 11 is 0. The average Bonchev–Trinajstić information content (AvgIpc) is 2.95. The van der Waals surface area contributed by atoms with Crippen molar-refractivity contribution in [3.63, 3.8) is 0 Å². The molecule has 104 valence electrons. The lowest BCUT2D eigenvalue weighted by Gasteiger charge is -2.39. The first-order valence-electron chi connectivity index (χ1n) is 7.65. The number of hydrogen-bond donors (Lipinski definition) is 1. The summed E-state index contributed by atoms with van der Waals surface area (Å²) in [7, 11) is 0. The Labute approximate surface area is 117 Å². The molecule has 0 spiro atoms. The fourth-order valence-electron chi connectivity index (χ4n) is 4.87. The summed E-state index contributed by atoms with van der Waals surface area (Å²) in [5, 5.41) is 10.8. The minimum absolute atomic E-state index is 0.238. The van der Waals surface area contributed by atoms with Crippen molar-refractivity contribution in [2.45, 2.75) is 45.6 Å². The van der Waals surface area contributed by atoms with Crippen LogP contribution in [0, 0.1) is 29.1 Å². The summed E-state index contributed by atoms with van der Waals surface area (Å²) < 4.78 is 0. The molecule has 0 saturated heterocycles. The first-order valence-corrected chi connectivity index (χ1v) is 7.65. The molecular weight excluding hydrogens is 232 g/mol. The quantitative estimate of drug-likeness (QED) is 0.739. The van der Waals surface area contributed by atoms with Gasteiger partial charge in [-0.2, -0.15) is 0 Å². The second kappa shape index (κ2) is 4.09. The zero-order valence-electron chi connectivity index (χ0n) is 12.4. The van der Waals surface area contributed by atoms with Crippen molar-refractivity contribution in [1.82, 2.24) is 0 Å². The molecule has 0 amide bonds. The van der Waals surface area contributed by atoms with Crippen LogP contribution < -0.4 is 0 Å². The minimum Gasteiger partial charge on any atom is -0.381 e. The van der Waals surface area contributed by atoms with Gasteiger partial charge in [0.2, 0.25) is 0 Å². The van der Waals surface area contributed by atoms with Gasteiger partial charge in [0.15, 0.2) is 0 Å². The molecule has 1 nitrogen and oxygen atoms in total. The molecule has 0 radical (unpaired) electrons. The number of fused-ring (bicyclic) bond motifs is 1. The van der Waals surface area contributed by atoms with Crippen LogP contribution in [-0.2, 0) is 0 Å². The Bertz CT molecular complexity index is 456. The molecule has 3 rings (SSSR count). The second-order valence-corrected chi connectivity index (χ2v) is 7.31. The third-order valence-electron chi connectivity index (χ3n) is 6.11. The second-order valence-electron chi connectivity index (χ2n) is 7.31. The summed E-state index contributed by atoms with van der Waals surface area (Å²) in [6.07, 6.45) is 11.5. The summed E-state index contributed by atoms with van der Waals surface area (Å²) in [5.41, 5.74) is 1.15. The largest absolute Gasteiger partial charge is 0.381 e. The number of hydrogen-bond acceptors (Lipinski definition) is 1. The Morgan fingerprint density at radius 1 is 1.42 bits per heavy atom. The fraction of sp³-hybridized carbons (Fsp3) is 0.667. The lowest BCUT2D eigenvalue weighted by molar-refractivity contribution is 0.0755. The molecule has 1 N–H and O–H groups in total. The molecule has 5 atom stereocenters. The highest BCUT2D eigenvalue weighted by atomic mass is 16.3. The van der Waals surface area contributed by atoms with Gasteiger partial charge >= 0.3 is 0 Å². The van der Waals surface area contributed by atoms with E-state index in [4.69, 9.17) is 0 Å². The van der Waals surface area contributed by atoms with Gasteiger partial charge in [0.05, 0.1) is 0 Å². The molecule has 0 aliphatic heterocycles. The smallest absolute Gasteiger partial charge is 0.107 e. The maximum absolute atomic E-state index is 10.8. The van der Waals surface area contributed by atoms with Gasteiger partial charge in [-0.05, 0) is 42.4 Å². The van der Waals surface area contributed by atoms with E-state index < -0.39 is 5.60 Å². The Morgan fingerprint density at radius 2 is 2.16 bits per heavy atom. The summed E-state index contributed by atoms with van der Waals surface area (Å²) in [6.45, 7) is 11.0. The van der Waals surface area contributed by atoms with E-state index in [2.05, 4.69) is 39.5 Å². The fourth-order valence-corrected chi connectivity index (χ4v) is 4.87. The molecule has 3 aliphatic rings. The maximum atomic E-state index is 10.8. The van der Waals surface area contributed by atoms with Gasteiger partial charge in [-0.1, -0.05) is 57.2 Å². The highest BCUT2D eigenvalue weighted by Crippen LogP contribution is 2.67. The lowest BCUT2D eigenvalue weighted by Crippen LogP contribution is -2.39. The van der Waals surface area contributed by atoms with Crippen molar-refractivity contribution in [2.24, 2.45) is 29.1 Å². The van der Waals surface area contributed by atoms with Gasteiger partial charge in [0.1, 0.15) is 5.60 Å². The van der Waals surface area contributed by atoms with Crippen LogP contribution in [-0.4, -0.2) is 10.7 Å². The molecule has 1 heteroatoms. The van der Waals surface area contributed by atoms with Crippen LogP contribution in [0.15, 0.2) is 36.5 Å². The highest BCUT2D eigenvalue weighted by Gasteiger charge is 2.61. The Hall–Kier alpha value is -0.820. The van der Waals surface area contributed by atoms with Crippen molar-refractivity contribution in [3.05, 3.63) is 36.5 Å². The summed E-state index contributed by atoms with van der Waals surface area (Å²) in [5.74, 6) is 2.52. The molecule has 0 heterocycles. The number of aliphatic hydroxyl groups is 1. The Balaban J connectivity index is 1.89. The van der Waals surface area contributed by atoms with E-state index in [1.165, 1.54) is 12.0 Å². The zero-order valence-corrected chi connectivity index (χ0v) is 12.4. The van der Waals surface area contributed by atoms with E-state index >= 15 is 0 Å². The van der Waals surface area contributed by atoms with E-state index in [1.54, 1.807) is 6.08 Å². The van der Waals surface area contributed by atoms with Crippen LogP contribution in [0.3, 0.4) is 0 Å². The van der Waals surface area contributed by atoms with Gasteiger partial charge in [0, 0.05) is 5.92 Å². The van der Waals surface area contributed by atoms with Crippen LogP contribution in [0.1, 0.15) is 40.0 Å². The van der Waals surface area contributed by atoms with Crippen molar-refractivity contribution in [1.29, 1.82) is 0 Å². The highest BCUT2D eigenvalue weighted by molar-refractivity contribution is 5.32. The van der Waals surface area contributed by atoms with Crippen molar-refractivity contribution in [3.8, 4) is 0 Å². The lowest BCUT2D eigenvalue weighted by atomic mass is 9.69. The third-order valence-corrected chi connectivity index (χ3v) is 6.11. The molecule has 1 fully saturated rings. The molecule has 19 heavy (non-hydrogen) atoms. The van der Waals surface area contributed by atoms with Crippen LogP contribution in [0.25, 0.3) is 0 Å². The Morgan fingerprint density at radius 3 is 2.84 bits per heavy atom. The van der Waals surface area contributed by atoms with E-state index in [9.17, 15) is 5.11 Å². The summed E-state index contributed by atoms with van der Waals surface area (Å²) in [4.78, 5) is 0. The Kier molecular flexibility index (Phi) is 2.83. The molecule has 0 bridgehead atoms. The van der Waals surface area contributed by atoms with Gasteiger partial charge in [-0.15, -0.1) is 0 Å². The van der Waals surface area contributed by atoms with E-state index in [-0.39, 0.29) is 5.92 Å². The summed E-state index contributed by atoms with van der Waals surface area (Å²) in [6, 6.07) is 0. The molecule has 0 aromatic heterocycles. The minimum atomic E-state index is -0.829. The first kappa shape index (κ1) is 13.2. The molecule has 1 saturated carbocycles. The molecule has 0 aromatic rings. The SMILES string of the molecule is C=C[C@]1(O)C=CCC[C@H]1C1=CC[C@@H]2[C@H]([C@H]1C)C2(C)C.